The highest BCUT2D eigenvalue weighted by Crippen LogP contribution is 2.16. The van der Waals surface area contributed by atoms with Crippen molar-refractivity contribution in [1.82, 2.24) is 10.3 Å². The van der Waals surface area contributed by atoms with E-state index >= 15 is 0 Å². The molecule has 1 aliphatic rings. The van der Waals surface area contributed by atoms with E-state index in [1.54, 1.807) is 6.20 Å². The third kappa shape index (κ3) is 2.94. The second kappa shape index (κ2) is 5.14. The third-order valence-corrected chi connectivity index (χ3v) is 2.75. The van der Waals surface area contributed by atoms with Gasteiger partial charge in [0.15, 0.2) is 0 Å². The van der Waals surface area contributed by atoms with Gasteiger partial charge in [-0.2, -0.15) is 0 Å². The maximum atomic E-state index is 11.3. The zero-order valence-electron chi connectivity index (χ0n) is 9.97. The number of methoxy groups -OCH3 is 1. The van der Waals surface area contributed by atoms with E-state index in [2.05, 4.69) is 15.0 Å². The largest absolute Gasteiger partial charge is 0.473 e. The van der Waals surface area contributed by atoms with Gasteiger partial charge < -0.3 is 14.8 Å². The summed E-state index contributed by atoms with van der Waals surface area (Å²) in [7, 11) is 1.39. The summed E-state index contributed by atoms with van der Waals surface area (Å²) in [5.74, 6) is 0.357. The van der Waals surface area contributed by atoms with Gasteiger partial charge in [0.2, 0.25) is 5.88 Å². The van der Waals surface area contributed by atoms with Crippen molar-refractivity contribution in [2.45, 2.75) is 25.5 Å². The van der Waals surface area contributed by atoms with E-state index in [1.165, 1.54) is 7.11 Å². The monoisotopic (exact) mass is 236 g/mol. The molecule has 0 aromatic carbocycles. The molecule has 17 heavy (non-hydrogen) atoms. The van der Waals surface area contributed by atoms with Crippen molar-refractivity contribution in [1.29, 1.82) is 0 Å². The summed E-state index contributed by atoms with van der Waals surface area (Å²) < 4.78 is 10.4. The van der Waals surface area contributed by atoms with Gasteiger partial charge in [-0.3, -0.25) is 4.79 Å². The van der Waals surface area contributed by atoms with Crippen molar-refractivity contribution in [3.8, 4) is 5.88 Å². The normalized spacial score (nSPS) is 23.4. The minimum atomic E-state index is -0.269. The molecule has 2 rings (SSSR count). The molecule has 1 saturated heterocycles. The average molecular weight is 236 g/mol. The molecule has 5 heteroatoms. The molecule has 1 aromatic heterocycles. The quantitative estimate of drug-likeness (QED) is 0.782. The highest BCUT2D eigenvalue weighted by Gasteiger charge is 2.31. The molecule has 92 valence electrons. The minimum absolute atomic E-state index is 0.0339. The molecule has 0 unspecified atom stereocenters. The van der Waals surface area contributed by atoms with Crippen LogP contribution in [0.15, 0.2) is 18.3 Å². The molecular formula is C12H16N2O3. The van der Waals surface area contributed by atoms with Crippen LogP contribution in [0.3, 0.4) is 0 Å². The van der Waals surface area contributed by atoms with E-state index in [-0.39, 0.29) is 18.1 Å². The van der Waals surface area contributed by atoms with Crippen molar-refractivity contribution in [2.75, 3.05) is 13.7 Å². The Morgan fingerprint density at radius 3 is 3.12 bits per heavy atom. The van der Waals surface area contributed by atoms with Crippen LogP contribution in [-0.2, 0) is 9.53 Å². The Morgan fingerprint density at radius 2 is 2.41 bits per heavy atom. The molecule has 0 bridgehead atoms. The third-order valence-electron chi connectivity index (χ3n) is 2.75. The summed E-state index contributed by atoms with van der Waals surface area (Å²) in [6.07, 6.45) is 2.29. The Kier molecular flexibility index (Phi) is 3.58. The zero-order chi connectivity index (χ0) is 12.3. The molecule has 0 saturated carbocycles. The second-order valence-corrected chi connectivity index (χ2v) is 4.13. The molecule has 1 aliphatic heterocycles. The van der Waals surface area contributed by atoms with Crippen molar-refractivity contribution < 1.29 is 14.3 Å². The number of rotatable bonds is 3. The topological polar surface area (TPSA) is 60.5 Å². The molecule has 0 spiro atoms. The summed E-state index contributed by atoms with van der Waals surface area (Å²) in [5, 5.41) is 3.06. The number of nitrogens with one attached hydrogen (secondary N) is 1. The SMILES string of the molecule is COC(=O)[C@@H]1C[C@@H](Oc2cc(C)ccn2)CN1. The first-order valence-corrected chi connectivity index (χ1v) is 5.59. The van der Waals surface area contributed by atoms with E-state index < -0.39 is 0 Å². The summed E-state index contributed by atoms with van der Waals surface area (Å²) in [6, 6.07) is 3.53. The number of hydrogen-bond donors (Lipinski definition) is 1. The first kappa shape index (κ1) is 11.9. The van der Waals surface area contributed by atoms with Crippen molar-refractivity contribution in [2.24, 2.45) is 0 Å². The highest BCUT2D eigenvalue weighted by atomic mass is 16.5. The maximum absolute atomic E-state index is 11.3. The van der Waals surface area contributed by atoms with Gasteiger partial charge in [0.05, 0.1) is 7.11 Å². The predicted molar refractivity (Wildman–Crippen MR) is 61.8 cm³/mol. The Balaban J connectivity index is 1.92. The molecule has 0 aliphatic carbocycles. The summed E-state index contributed by atoms with van der Waals surface area (Å²) in [5.41, 5.74) is 1.10. The number of carbonyl (C=O) groups is 1. The lowest BCUT2D eigenvalue weighted by Gasteiger charge is -2.11. The summed E-state index contributed by atoms with van der Waals surface area (Å²) in [6.45, 7) is 2.62. The van der Waals surface area contributed by atoms with Crippen molar-refractivity contribution >= 4 is 5.97 Å². The second-order valence-electron chi connectivity index (χ2n) is 4.13. The molecule has 1 fully saturated rings. The van der Waals surface area contributed by atoms with Crippen LogP contribution >= 0.6 is 0 Å². The van der Waals surface area contributed by atoms with Crippen LogP contribution < -0.4 is 10.1 Å². The van der Waals surface area contributed by atoms with Crippen LogP contribution in [0.1, 0.15) is 12.0 Å². The molecule has 2 heterocycles. The van der Waals surface area contributed by atoms with Crippen LogP contribution in [0, 0.1) is 6.92 Å². The predicted octanol–water partition coefficient (Wildman–Crippen LogP) is 0.672. The van der Waals surface area contributed by atoms with E-state index in [1.807, 2.05) is 19.1 Å². The van der Waals surface area contributed by atoms with Crippen LogP contribution in [0.25, 0.3) is 0 Å². The van der Waals surface area contributed by atoms with E-state index in [9.17, 15) is 4.79 Å². The number of aromatic nitrogens is 1. The number of carbonyl (C=O) groups excluding carboxylic acids is 1. The lowest BCUT2D eigenvalue weighted by Crippen LogP contribution is -2.31. The molecule has 0 radical (unpaired) electrons. The fourth-order valence-electron chi connectivity index (χ4n) is 1.86. The summed E-state index contributed by atoms with van der Waals surface area (Å²) >= 11 is 0. The van der Waals surface area contributed by atoms with Gasteiger partial charge in [-0.15, -0.1) is 0 Å². The summed E-state index contributed by atoms with van der Waals surface area (Å²) in [4.78, 5) is 15.4. The van der Waals surface area contributed by atoms with Crippen LogP contribution in [0.5, 0.6) is 5.88 Å². The fourth-order valence-corrected chi connectivity index (χ4v) is 1.86. The molecule has 5 nitrogen and oxygen atoms in total. The van der Waals surface area contributed by atoms with Gasteiger partial charge in [-0.05, 0) is 18.6 Å². The van der Waals surface area contributed by atoms with E-state index in [0.29, 0.717) is 18.8 Å². The van der Waals surface area contributed by atoms with Gasteiger partial charge in [0, 0.05) is 25.2 Å². The van der Waals surface area contributed by atoms with Crippen molar-refractivity contribution in [3.05, 3.63) is 23.9 Å². The molecular weight excluding hydrogens is 220 g/mol. The number of nitrogens with zero attached hydrogens (tertiary/aromatic N) is 1. The van der Waals surface area contributed by atoms with Crippen LogP contribution in [0.4, 0.5) is 0 Å². The van der Waals surface area contributed by atoms with E-state index in [0.717, 1.165) is 5.56 Å². The minimum Gasteiger partial charge on any atom is -0.473 e. The Hall–Kier alpha value is -1.62. The lowest BCUT2D eigenvalue weighted by atomic mass is 10.2. The van der Waals surface area contributed by atoms with Gasteiger partial charge in [-0.25, -0.2) is 4.98 Å². The Morgan fingerprint density at radius 1 is 1.59 bits per heavy atom. The number of esters is 1. The maximum Gasteiger partial charge on any atom is 0.323 e. The number of pyridine rings is 1. The average Bonchev–Trinajstić information content (AvgIpc) is 2.76. The van der Waals surface area contributed by atoms with Gasteiger partial charge in [0.25, 0.3) is 0 Å². The molecule has 1 N–H and O–H groups in total. The van der Waals surface area contributed by atoms with E-state index in [4.69, 9.17) is 4.74 Å². The first-order valence-electron chi connectivity index (χ1n) is 5.59. The lowest BCUT2D eigenvalue weighted by molar-refractivity contribution is -0.142. The molecule has 2 atom stereocenters. The zero-order valence-corrected chi connectivity index (χ0v) is 9.97. The van der Waals surface area contributed by atoms with Gasteiger partial charge in [0.1, 0.15) is 12.1 Å². The highest BCUT2D eigenvalue weighted by molar-refractivity contribution is 5.76. The van der Waals surface area contributed by atoms with Gasteiger partial charge >= 0.3 is 5.97 Å². The standard InChI is InChI=1S/C12H16N2O3/c1-8-3-4-13-11(5-8)17-9-6-10(14-7-9)12(15)16-2/h3-5,9-10,14H,6-7H2,1-2H3/t9-,10+/m1/s1. The molecule has 1 aromatic rings. The number of hydrogen-bond acceptors (Lipinski definition) is 5. The van der Waals surface area contributed by atoms with Crippen LogP contribution in [-0.4, -0.2) is 36.8 Å². The number of ether oxygens (including phenoxy) is 2. The fraction of sp³-hybridized carbons (Fsp3) is 0.500. The first-order chi connectivity index (χ1) is 8.19. The Labute approximate surface area is 100 Å². The van der Waals surface area contributed by atoms with Crippen LogP contribution in [0.2, 0.25) is 0 Å². The number of aryl methyl sites for hydroxylation is 1. The Bertz CT molecular complexity index is 408. The van der Waals surface area contributed by atoms with Gasteiger partial charge in [-0.1, -0.05) is 0 Å². The molecule has 0 amide bonds. The van der Waals surface area contributed by atoms with Crippen molar-refractivity contribution in [3.63, 3.8) is 0 Å². The smallest absolute Gasteiger partial charge is 0.323 e.